The predicted octanol–water partition coefficient (Wildman–Crippen LogP) is 1.38. The van der Waals surface area contributed by atoms with Crippen molar-refractivity contribution in [1.29, 1.82) is 0 Å². The molecule has 98 valence electrons. The Morgan fingerprint density at radius 1 is 1.56 bits per heavy atom. The maximum atomic E-state index is 10.9. The second kappa shape index (κ2) is 5.82. The number of carbonyl (C=O) groups is 1. The van der Waals surface area contributed by atoms with Crippen LogP contribution in [0.3, 0.4) is 0 Å². The maximum Gasteiger partial charge on any atom is 0.354 e. The molecule has 1 fully saturated rings. The van der Waals surface area contributed by atoms with Crippen LogP contribution >= 0.6 is 0 Å². The summed E-state index contributed by atoms with van der Waals surface area (Å²) in [4.78, 5) is 16.9. The molecule has 2 N–H and O–H groups in total. The highest BCUT2D eigenvalue weighted by molar-refractivity contribution is 5.86. The largest absolute Gasteiger partial charge is 0.477 e. The third kappa shape index (κ3) is 2.98. The van der Waals surface area contributed by atoms with Crippen LogP contribution in [0.4, 0.5) is 5.69 Å². The number of aromatic nitrogens is 1. The summed E-state index contributed by atoms with van der Waals surface area (Å²) in [6.07, 6.45) is 4.56. The molecule has 1 saturated heterocycles. The van der Waals surface area contributed by atoms with Crippen molar-refractivity contribution in [3.8, 4) is 0 Å². The molecule has 1 aliphatic heterocycles. The van der Waals surface area contributed by atoms with E-state index in [0.717, 1.165) is 38.0 Å². The van der Waals surface area contributed by atoms with Gasteiger partial charge in [-0.15, -0.1) is 0 Å². The minimum Gasteiger partial charge on any atom is -0.477 e. The van der Waals surface area contributed by atoms with E-state index in [2.05, 4.69) is 9.88 Å². The van der Waals surface area contributed by atoms with Crippen molar-refractivity contribution in [2.75, 3.05) is 24.6 Å². The van der Waals surface area contributed by atoms with Crippen molar-refractivity contribution in [2.45, 2.75) is 19.3 Å². The lowest BCUT2D eigenvalue weighted by Gasteiger charge is -2.34. The molecule has 1 aliphatic rings. The van der Waals surface area contributed by atoms with Gasteiger partial charge >= 0.3 is 5.97 Å². The minimum absolute atomic E-state index is 0.0804. The highest BCUT2D eigenvalue weighted by Gasteiger charge is 2.20. The molecule has 0 aliphatic carbocycles. The Hall–Kier alpha value is -1.62. The first kappa shape index (κ1) is 12.8. The number of hydrogen-bond acceptors (Lipinski definition) is 4. The Morgan fingerprint density at radius 3 is 3.11 bits per heavy atom. The molecule has 1 aromatic rings. The van der Waals surface area contributed by atoms with E-state index < -0.39 is 5.97 Å². The van der Waals surface area contributed by atoms with Gasteiger partial charge in [0.25, 0.3) is 0 Å². The average Bonchev–Trinajstić information content (AvgIpc) is 2.39. The fourth-order valence-corrected chi connectivity index (χ4v) is 2.45. The van der Waals surface area contributed by atoms with E-state index in [1.807, 2.05) is 6.07 Å². The summed E-state index contributed by atoms with van der Waals surface area (Å²) < 4.78 is 0. The van der Waals surface area contributed by atoms with Gasteiger partial charge in [0.05, 0.1) is 0 Å². The van der Waals surface area contributed by atoms with Gasteiger partial charge in [-0.3, -0.25) is 0 Å². The zero-order valence-corrected chi connectivity index (χ0v) is 10.2. The standard InChI is InChI=1S/C13H18N2O3/c16-7-4-10-2-1-6-15(9-10)11-3-5-14-12(8-11)13(17)18/h3,5,8,10,16H,1-2,4,6-7,9H2,(H,17,18). The first-order valence-electron chi connectivity index (χ1n) is 6.26. The summed E-state index contributed by atoms with van der Waals surface area (Å²) in [7, 11) is 0. The van der Waals surface area contributed by atoms with Gasteiger partial charge in [0.15, 0.2) is 0 Å². The molecule has 5 heteroatoms. The maximum absolute atomic E-state index is 10.9. The molecule has 2 heterocycles. The Morgan fingerprint density at radius 2 is 2.39 bits per heavy atom. The fourth-order valence-electron chi connectivity index (χ4n) is 2.45. The number of carboxylic acid groups (broad SMARTS) is 1. The molecule has 2 rings (SSSR count). The lowest BCUT2D eigenvalue weighted by atomic mass is 9.95. The van der Waals surface area contributed by atoms with Gasteiger partial charge in [-0.1, -0.05) is 0 Å². The predicted molar refractivity (Wildman–Crippen MR) is 67.8 cm³/mol. The molecule has 0 spiro atoms. The third-order valence-electron chi connectivity index (χ3n) is 3.38. The highest BCUT2D eigenvalue weighted by Crippen LogP contribution is 2.24. The van der Waals surface area contributed by atoms with E-state index in [4.69, 9.17) is 10.2 Å². The van der Waals surface area contributed by atoms with E-state index in [1.54, 1.807) is 6.07 Å². The number of nitrogens with zero attached hydrogens (tertiary/aromatic N) is 2. The van der Waals surface area contributed by atoms with E-state index in [-0.39, 0.29) is 12.3 Å². The molecule has 1 unspecified atom stereocenters. The van der Waals surface area contributed by atoms with Crippen LogP contribution in [0, 0.1) is 5.92 Å². The quantitative estimate of drug-likeness (QED) is 0.844. The summed E-state index contributed by atoms with van der Waals surface area (Å²) in [6.45, 7) is 2.03. The molecule has 18 heavy (non-hydrogen) atoms. The third-order valence-corrected chi connectivity index (χ3v) is 3.38. The first-order chi connectivity index (χ1) is 8.70. The Balaban J connectivity index is 2.10. The molecule has 0 bridgehead atoms. The van der Waals surface area contributed by atoms with Crippen LogP contribution in [0.5, 0.6) is 0 Å². The highest BCUT2D eigenvalue weighted by atomic mass is 16.4. The second-order valence-corrected chi connectivity index (χ2v) is 4.67. The number of rotatable bonds is 4. The topological polar surface area (TPSA) is 73.7 Å². The fraction of sp³-hybridized carbons (Fsp3) is 0.538. The summed E-state index contributed by atoms with van der Waals surface area (Å²) in [5.41, 5.74) is 0.988. The second-order valence-electron chi connectivity index (χ2n) is 4.67. The van der Waals surface area contributed by atoms with Crippen molar-refractivity contribution >= 4 is 11.7 Å². The number of aromatic carboxylic acids is 1. The lowest BCUT2D eigenvalue weighted by Crippen LogP contribution is -2.35. The summed E-state index contributed by atoms with van der Waals surface area (Å²) in [6, 6.07) is 3.46. The van der Waals surface area contributed by atoms with Crippen LogP contribution in [-0.2, 0) is 0 Å². The van der Waals surface area contributed by atoms with Crippen molar-refractivity contribution in [2.24, 2.45) is 5.92 Å². The number of carboxylic acids is 1. The zero-order chi connectivity index (χ0) is 13.0. The van der Waals surface area contributed by atoms with E-state index >= 15 is 0 Å². The minimum atomic E-state index is -0.999. The van der Waals surface area contributed by atoms with Crippen molar-refractivity contribution < 1.29 is 15.0 Å². The van der Waals surface area contributed by atoms with Crippen molar-refractivity contribution in [3.63, 3.8) is 0 Å². The molecule has 1 atom stereocenters. The molecule has 0 aromatic carbocycles. The molecule has 5 nitrogen and oxygen atoms in total. The SMILES string of the molecule is O=C(O)c1cc(N2CCCC(CCO)C2)ccn1. The van der Waals surface area contributed by atoms with Gasteiger partial charge in [-0.2, -0.15) is 0 Å². The molecule has 1 aromatic heterocycles. The molecular weight excluding hydrogens is 232 g/mol. The normalized spacial score (nSPS) is 19.8. The van der Waals surface area contributed by atoms with Crippen LogP contribution in [0.1, 0.15) is 29.8 Å². The van der Waals surface area contributed by atoms with Gasteiger partial charge in [0, 0.05) is 31.6 Å². The Kier molecular flexibility index (Phi) is 4.15. The van der Waals surface area contributed by atoms with Crippen LogP contribution in [0.2, 0.25) is 0 Å². The number of hydrogen-bond donors (Lipinski definition) is 2. The van der Waals surface area contributed by atoms with E-state index in [1.165, 1.54) is 6.20 Å². The first-order valence-corrected chi connectivity index (χ1v) is 6.26. The number of aliphatic hydroxyl groups is 1. The summed E-state index contributed by atoms with van der Waals surface area (Å²) in [5, 5.41) is 17.9. The van der Waals surface area contributed by atoms with Crippen LogP contribution in [0.15, 0.2) is 18.3 Å². The van der Waals surface area contributed by atoms with Gasteiger partial charge in [-0.05, 0) is 37.3 Å². The van der Waals surface area contributed by atoms with Crippen molar-refractivity contribution in [3.05, 3.63) is 24.0 Å². The zero-order valence-electron chi connectivity index (χ0n) is 10.2. The van der Waals surface area contributed by atoms with E-state index in [9.17, 15) is 4.79 Å². The van der Waals surface area contributed by atoms with Crippen molar-refractivity contribution in [1.82, 2.24) is 4.98 Å². The van der Waals surface area contributed by atoms with E-state index in [0.29, 0.717) is 5.92 Å². The number of pyridine rings is 1. The van der Waals surface area contributed by atoms with Crippen LogP contribution in [-0.4, -0.2) is 40.9 Å². The summed E-state index contributed by atoms with van der Waals surface area (Å²) >= 11 is 0. The van der Waals surface area contributed by atoms with Crippen LogP contribution in [0.25, 0.3) is 0 Å². The number of piperidine rings is 1. The van der Waals surface area contributed by atoms with Crippen LogP contribution < -0.4 is 4.90 Å². The molecule has 0 radical (unpaired) electrons. The van der Waals surface area contributed by atoms with Gasteiger partial charge < -0.3 is 15.1 Å². The smallest absolute Gasteiger partial charge is 0.354 e. The Labute approximate surface area is 106 Å². The monoisotopic (exact) mass is 250 g/mol. The Bertz CT molecular complexity index is 420. The summed E-state index contributed by atoms with van der Waals surface area (Å²) in [5.74, 6) is -0.508. The molecule has 0 saturated carbocycles. The number of aliphatic hydroxyl groups excluding tert-OH is 1. The molecular formula is C13H18N2O3. The van der Waals surface area contributed by atoms with Gasteiger partial charge in [0.1, 0.15) is 5.69 Å². The lowest BCUT2D eigenvalue weighted by molar-refractivity contribution is 0.0690. The molecule has 0 amide bonds. The van der Waals surface area contributed by atoms with Gasteiger partial charge in [-0.25, -0.2) is 9.78 Å². The van der Waals surface area contributed by atoms with Gasteiger partial charge in [0.2, 0.25) is 0 Å². The average molecular weight is 250 g/mol. The number of anilines is 1.